The van der Waals surface area contributed by atoms with Crippen LogP contribution in [0, 0.1) is 30.3 Å². The fourth-order valence-corrected chi connectivity index (χ4v) is 1.50. The van der Waals surface area contributed by atoms with Crippen molar-refractivity contribution in [3.63, 3.8) is 0 Å². The summed E-state index contributed by atoms with van der Waals surface area (Å²) < 4.78 is 0. The van der Waals surface area contributed by atoms with Crippen molar-refractivity contribution in [1.82, 2.24) is 0 Å². The Bertz CT molecular complexity index is 613. The highest BCUT2D eigenvalue weighted by molar-refractivity contribution is 5.93. The van der Waals surface area contributed by atoms with Gasteiger partial charge in [-0.05, 0) is 0 Å². The summed E-state index contributed by atoms with van der Waals surface area (Å²) in [5.74, 6) is -0.688. The smallest absolute Gasteiger partial charge is 0.300 e. The number of nitrogens with one attached hydrogen (secondary N) is 1. The zero-order valence-corrected chi connectivity index (χ0v) is 10.1. The molecule has 11 heteroatoms. The fraction of sp³-hybridized carbons (Fsp3) is 0.222. The minimum absolute atomic E-state index is 0.314. The summed E-state index contributed by atoms with van der Waals surface area (Å²) >= 11 is 0. The summed E-state index contributed by atoms with van der Waals surface area (Å²) in [7, 11) is 0. The van der Waals surface area contributed by atoms with Gasteiger partial charge in [-0.3, -0.25) is 35.1 Å². The number of hydrogen-bond acceptors (Lipinski definition) is 7. The van der Waals surface area contributed by atoms with Crippen LogP contribution in [-0.2, 0) is 11.3 Å². The average Bonchev–Trinajstić information content (AvgIpc) is 2.28. The summed E-state index contributed by atoms with van der Waals surface area (Å²) in [6.07, 6.45) is 0. The maximum absolute atomic E-state index is 11.0. The van der Waals surface area contributed by atoms with E-state index in [0.29, 0.717) is 6.07 Å². The first-order chi connectivity index (χ1) is 9.22. The molecule has 0 radical (unpaired) electrons. The van der Waals surface area contributed by atoms with Gasteiger partial charge in [0.15, 0.2) is 0 Å². The Kier molecular flexibility index (Phi) is 4.25. The normalized spacial score (nSPS) is 9.85. The third-order valence-corrected chi connectivity index (χ3v) is 2.19. The lowest BCUT2D eigenvalue weighted by atomic mass is 10.1. The highest BCUT2D eigenvalue weighted by Crippen LogP contribution is 2.33. The number of rotatable bonds is 5. The second-order valence-corrected chi connectivity index (χ2v) is 3.69. The topological polar surface area (TPSA) is 159 Å². The molecule has 0 bridgehead atoms. The molecule has 1 rings (SSSR count). The van der Waals surface area contributed by atoms with E-state index in [2.05, 4.69) is 5.32 Å². The van der Waals surface area contributed by atoms with E-state index in [-0.39, 0.29) is 5.56 Å². The van der Waals surface area contributed by atoms with E-state index in [9.17, 15) is 35.1 Å². The molecule has 0 aromatic heterocycles. The molecule has 20 heavy (non-hydrogen) atoms. The van der Waals surface area contributed by atoms with Gasteiger partial charge in [-0.2, -0.15) is 0 Å². The first-order valence-corrected chi connectivity index (χ1v) is 5.07. The van der Waals surface area contributed by atoms with Gasteiger partial charge >= 0.3 is 0 Å². The lowest BCUT2D eigenvalue weighted by molar-refractivity contribution is -0.496. The highest BCUT2D eigenvalue weighted by atomic mass is 16.6. The Morgan fingerprint density at radius 2 is 1.75 bits per heavy atom. The second kappa shape index (κ2) is 5.69. The standard InChI is InChI=1S/C9H8N4O7/c1-5(14)10-9-6(4-11(15)16)2-7(12(17)18)3-8(9)13(19)20/h2-3H,4H2,1H3,(H,10,14). The summed E-state index contributed by atoms with van der Waals surface area (Å²) in [6.45, 7) is 0.166. The minimum Gasteiger partial charge on any atom is -0.320 e. The Morgan fingerprint density at radius 3 is 2.15 bits per heavy atom. The average molecular weight is 284 g/mol. The predicted molar refractivity (Wildman–Crippen MR) is 64.8 cm³/mol. The molecule has 0 fully saturated rings. The Labute approximate surface area is 110 Å². The van der Waals surface area contributed by atoms with Crippen LogP contribution < -0.4 is 5.32 Å². The zero-order valence-electron chi connectivity index (χ0n) is 10.1. The maximum atomic E-state index is 11.0. The number of nitro groups is 3. The van der Waals surface area contributed by atoms with E-state index in [4.69, 9.17) is 0 Å². The molecule has 0 saturated carbocycles. The number of carbonyl (C=O) groups excluding carboxylic acids is 1. The molecule has 0 spiro atoms. The fourth-order valence-electron chi connectivity index (χ4n) is 1.50. The van der Waals surface area contributed by atoms with Crippen molar-refractivity contribution in [3.05, 3.63) is 48.0 Å². The Hall–Kier alpha value is -3.11. The monoisotopic (exact) mass is 284 g/mol. The molecule has 106 valence electrons. The van der Waals surface area contributed by atoms with E-state index >= 15 is 0 Å². The molecule has 11 nitrogen and oxygen atoms in total. The quantitative estimate of drug-likeness (QED) is 0.628. The highest BCUT2D eigenvalue weighted by Gasteiger charge is 2.26. The number of carbonyl (C=O) groups is 1. The lowest BCUT2D eigenvalue weighted by Gasteiger charge is -2.07. The molecular formula is C9H8N4O7. The van der Waals surface area contributed by atoms with E-state index in [0.717, 1.165) is 13.0 Å². The van der Waals surface area contributed by atoms with Crippen LogP contribution in [0.2, 0.25) is 0 Å². The Balaban J connectivity index is 3.56. The minimum atomic E-state index is -0.957. The molecule has 1 N–H and O–H groups in total. The van der Waals surface area contributed by atoms with E-state index in [1.165, 1.54) is 0 Å². The van der Waals surface area contributed by atoms with Gasteiger partial charge in [-0.15, -0.1) is 0 Å². The first-order valence-electron chi connectivity index (χ1n) is 5.07. The molecular weight excluding hydrogens is 276 g/mol. The molecule has 0 aliphatic heterocycles. The van der Waals surface area contributed by atoms with Gasteiger partial charge in [0.25, 0.3) is 11.4 Å². The van der Waals surface area contributed by atoms with E-state index < -0.39 is 44.3 Å². The summed E-state index contributed by atoms with van der Waals surface area (Å²) in [4.78, 5) is 40.4. The first kappa shape index (κ1) is 14.9. The molecule has 0 heterocycles. The molecule has 1 amide bonds. The van der Waals surface area contributed by atoms with Gasteiger partial charge in [0, 0.05) is 17.9 Å². The van der Waals surface area contributed by atoms with Gasteiger partial charge in [0.2, 0.25) is 12.5 Å². The van der Waals surface area contributed by atoms with Crippen LogP contribution in [0.3, 0.4) is 0 Å². The molecule has 0 atom stereocenters. The number of anilines is 1. The number of nitrogens with zero attached hydrogens (tertiary/aromatic N) is 3. The van der Waals surface area contributed by atoms with Crippen molar-refractivity contribution < 1.29 is 19.6 Å². The van der Waals surface area contributed by atoms with Crippen LogP contribution in [0.5, 0.6) is 0 Å². The third kappa shape index (κ3) is 3.44. The third-order valence-electron chi connectivity index (χ3n) is 2.19. The lowest BCUT2D eigenvalue weighted by Crippen LogP contribution is -2.13. The molecule has 0 unspecified atom stereocenters. The van der Waals surface area contributed by atoms with Crippen LogP contribution in [0.25, 0.3) is 0 Å². The van der Waals surface area contributed by atoms with Crippen LogP contribution in [0.4, 0.5) is 17.1 Å². The van der Waals surface area contributed by atoms with Crippen LogP contribution in [-0.4, -0.2) is 20.7 Å². The van der Waals surface area contributed by atoms with Crippen molar-refractivity contribution >= 4 is 23.0 Å². The van der Waals surface area contributed by atoms with Crippen molar-refractivity contribution in [1.29, 1.82) is 0 Å². The SMILES string of the molecule is CC(=O)Nc1c(C[N+](=O)[O-])cc([N+](=O)[O-])cc1[N+](=O)[O-]. The van der Waals surface area contributed by atoms with Gasteiger partial charge < -0.3 is 5.32 Å². The van der Waals surface area contributed by atoms with Crippen LogP contribution in [0.15, 0.2) is 12.1 Å². The molecule has 0 aliphatic rings. The molecule has 1 aromatic carbocycles. The molecule has 1 aromatic rings. The van der Waals surface area contributed by atoms with Crippen molar-refractivity contribution in [2.24, 2.45) is 0 Å². The second-order valence-electron chi connectivity index (χ2n) is 3.69. The maximum Gasteiger partial charge on any atom is 0.300 e. The number of benzene rings is 1. The van der Waals surface area contributed by atoms with E-state index in [1.54, 1.807) is 0 Å². The Morgan fingerprint density at radius 1 is 1.15 bits per heavy atom. The van der Waals surface area contributed by atoms with Crippen molar-refractivity contribution in [2.75, 3.05) is 5.32 Å². The number of amides is 1. The zero-order chi connectivity index (χ0) is 15.4. The number of hydrogen-bond donors (Lipinski definition) is 1. The summed E-state index contributed by atoms with van der Waals surface area (Å²) in [5, 5.41) is 34.2. The van der Waals surface area contributed by atoms with Gasteiger partial charge in [0.05, 0.1) is 21.5 Å². The van der Waals surface area contributed by atoms with Gasteiger partial charge in [-0.25, -0.2) is 0 Å². The largest absolute Gasteiger partial charge is 0.320 e. The number of nitro benzene ring substituents is 2. The van der Waals surface area contributed by atoms with E-state index in [1.807, 2.05) is 0 Å². The molecule has 0 saturated heterocycles. The van der Waals surface area contributed by atoms with Crippen LogP contribution in [0.1, 0.15) is 12.5 Å². The van der Waals surface area contributed by atoms with Gasteiger partial charge in [0.1, 0.15) is 5.69 Å². The summed E-state index contributed by atoms with van der Waals surface area (Å²) in [6, 6.07) is 1.45. The molecule has 0 aliphatic carbocycles. The van der Waals surface area contributed by atoms with Gasteiger partial charge in [-0.1, -0.05) is 0 Å². The van der Waals surface area contributed by atoms with Crippen molar-refractivity contribution in [3.8, 4) is 0 Å². The summed E-state index contributed by atoms with van der Waals surface area (Å²) in [5.41, 5.74) is -2.16. The van der Waals surface area contributed by atoms with Crippen LogP contribution >= 0.6 is 0 Å². The number of non-ortho nitro benzene ring substituents is 1. The van der Waals surface area contributed by atoms with Crippen molar-refractivity contribution in [2.45, 2.75) is 13.5 Å². The predicted octanol–water partition coefficient (Wildman–Crippen LogP) is 1.24.